The van der Waals surface area contributed by atoms with E-state index in [0.29, 0.717) is 19.6 Å². The Hall–Kier alpha value is -2.82. The number of amides is 1. The quantitative estimate of drug-likeness (QED) is 0.457. The van der Waals surface area contributed by atoms with Gasteiger partial charge in [0.15, 0.2) is 0 Å². The van der Waals surface area contributed by atoms with Crippen LogP contribution in [0.4, 0.5) is 0 Å². The van der Waals surface area contributed by atoms with Gasteiger partial charge in [0.25, 0.3) is 0 Å². The van der Waals surface area contributed by atoms with Crippen molar-refractivity contribution >= 4 is 16.9 Å². The first-order valence-electron chi connectivity index (χ1n) is 11.0. The molecule has 0 saturated heterocycles. The van der Waals surface area contributed by atoms with Crippen LogP contribution in [-0.4, -0.2) is 28.6 Å². The number of nitrogens with zero attached hydrogens (tertiary/aromatic N) is 2. The summed E-state index contributed by atoms with van der Waals surface area (Å²) in [6.07, 6.45) is 4.12. The van der Waals surface area contributed by atoms with Crippen molar-refractivity contribution in [3.05, 3.63) is 59.4 Å². The van der Waals surface area contributed by atoms with E-state index in [1.165, 1.54) is 11.1 Å². The first kappa shape index (κ1) is 21.9. The third-order valence-electron chi connectivity index (χ3n) is 5.22. The van der Waals surface area contributed by atoms with Crippen molar-refractivity contribution in [2.45, 2.75) is 59.4 Å². The summed E-state index contributed by atoms with van der Waals surface area (Å²) in [6, 6.07) is 14.6. The first-order valence-corrected chi connectivity index (χ1v) is 11.0. The summed E-state index contributed by atoms with van der Waals surface area (Å²) in [4.78, 5) is 16.5. The van der Waals surface area contributed by atoms with Crippen LogP contribution in [0.5, 0.6) is 5.75 Å². The number of fused-ring (bicyclic) bond motifs is 1. The predicted octanol–water partition coefficient (Wildman–Crippen LogP) is 4.97. The van der Waals surface area contributed by atoms with Gasteiger partial charge in [-0.05, 0) is 56.9 Å². The van der Waals surface area contributed by atoms with E-state index in [1.54, 1.807) is 0 Å². The summed E-state index contributed by atoms with van der Waals surface area (Å²) in [5.41, 5.74) is 4.61. The van der Waals surface area contributed by atoms with Gasteiger partial charge in [0, 0.05) is 25.9 Å². The molecule has 0 aliphatic carbocycles. The molecule has 0 saturated carbocycles. The summed E-state index contributed by atoms with van der Waals surface area (Å²) in [7, 11) is 0. The van der Waals surface area contributed by atoms with Gasteiger partial charge < -0.3 is 14.6 Å². The molecule has 0 bridgehead atoms. The highest BCUT2D eigenvalue weighted by Gasteiger charge is 2.10. The molecule has 3 rings (SSSR count). The Morgan fingerprint density at radius 1 is 1.13 bits per heavy atom. The standard InChI is InChI=1S/C25H33N3O2/c1-4-9-25(29)26-15-7-12-24-27-21-10-5-6-11-22(21)28(24)16-8-17-30-23-14-13-19(2)18-20(23)3/h5-6,10-11,13-14,18H,4,7-9,12,15-17H2,1-3H3,(H,26,29). The van der Waals surface area contributed by atoms with Gasteiger partial charge in [-0.1, -0.05) is 36.8 Å². The van der Waals surface area contributed by atoms with Crippen molar-refractivity contribution in [2.24, 2.45) is 0 Å². The number of hydrogen-bond acceptors (Lipinski definition) is 3. The fraction of sp³-hybridized carbons (Fsp3) is 0.440. The molecule has 1 heterocycles. The molecule has 0 radical (unpaired) electrons. The van der Waals surface area contributed by atoms with Crippen LogP contribution in [0.2, 0.25) is 0 Å². The predicted molar refractivity (Wildman–Crippen MR) is 122 cm³/mol. The van der Waals surface area contributed by atoms with Crippen LogP contribution in [-0.2, 0) is 17.8 Å². The highest BCUT2D eigenvalue weighted by molar-refractivity contribution is 5.76. The lowest BCUT2D eigenvalue weighted by atomic mass is 10.1. The van der Waals surface area contributed by atoms with Crippen LogP contribution in [0.25, 0.3) is 11.0 Å². The smallest absolute Gasteiger partial charge is 0.219 e. The summed E-state index contributed by atoms with van der Waals surface area (Å²) in [6.45, 7) is 8.43. The Balaban J connectivity index is 1.58. The molecule has 0 spiro atoms. The Morgan fingerprint density at radius 2 is 1.97 bits per heavy atom. The number of aromatic nitrogens is 2. The zero-order chi connectivity index (χ0) is 21.3. The van der Waals surface area contributed by atoms with E-state index in [2.05, 4.69) is 60.1 Å². The third-order valence-corrected chi connectivity index (χ3v) is 5.22. The maximum atomic E-state index is 11.7. The number of para-hydroxylation sites is 2. The fourth-order valence-electron chi connectivity index (χ4n) is 3.72. The molecule has 0 fully saturated rings. The first-order chi connectivity index (χ1) is 14.6. The number of hydrogen-bond donors (Lipinski definition) is 1. The molecule has 30 heavy (non-hydrogen) atoms. The average molecular weight is 408 g/mol. The van der Waals surface area contributed by atoms with E-state index >= 15 is 0 Å². The van der Waals surface area contributed by atoms with Crippen molar-refractivity contribution in [1.29, 1.82) is 0 Å². The third kappa shape index (κ3) is 5.85. The highest BCUT2D eigenvalue weighted by Crippen LogP contribution is 2.20. The summed E-state index contributed by atoms with van der Waals surface area (Å²) in [5, 5.41) is 2.99. The molecule has 5 nitrogen and oxygen atoms in total. The van der Waals surface area contributed by atoms with Crippen molar-refractivity contribution in [3.63, 3.8) is 0 Å². The van der Waals surface area contributed by atoms with Gasteiger partial charge in [0.1, 0.15) is 11.6 Å². The lowest BCUT2D eigenvalue weighted by Crippen LogP contribution is -2.24. The minimum absolute atomic E-state index is 0.134. The van der Waals surface area contributed by atoms with Gasteiger partial charge in [0.2, 0.25) is 5.91 Å². The van der Waals surface area contributed by atoms with Crippen LogP contribution in [0.3, 0.4) is 0 Å². The number of carbonyl (C=O) groups is 1. The number of nitrogens with one attached hydrogen (secondary N) is 1. The average Bonchev–Trinajstić information content (AvgIpc) is 3.07. The van der Waals surface area contributed by atoms with Gasteiger partial charge in [-0.3, -0.25) is 4.79 Å². The number of benzene rings is 2. The van der Waals surface area contributed by atoms with Gasteiger partial charge in [-0.25, -0.2) is 4.98 Å². The van der Waals surface area contributed by atoms with Crippen molar-refractivity contribution in [1.82, 2.24) is 14.9 Å². The molecule has 2 aromatic carbocycles. The Labute approximate surface area is 179 Å². The van der Waals surface area contributed by atoms with Crippen LogP contribution >= 0.6 is 0 Å². The molecular formula is C25H33N3O2. The van der Waals surface area contributed by atoms with E-state index in [4.69, 9.17) is 9.72 Å². The number of carbonyl (C=O) groups excluding carboxylic acids is 1. The molecule has 5 heteroatoms. The highest BCUT2D eigenvalue weighted by atomic mass is 16.5. The molecule has 1 N–H and O–H groups in total. The maximum absolute atomic E-state index is 11.7. The number of aryl methyl sites for hydroxylation is 4. The zero-order valence-corrected chi connectivity index (χ0v) is 18.4. The fourth-order valence-corrected chi connectivity index (χ4v) is 3.72. The van der Waals surface area contributed by atoms with Crippen molar-refractivity contribution in [2.75, 3.05) is 13.2 Å². The lowest BCUT2D eigenvalue weighted by Gasteiger charge is -2.12. The van der Waals surface area contributed by atoms with E-state index in [1.807, 2.05) is 13.0 Å². The lowest BCUT2D eigenvalue weighted by molar-refractivity contribution is -0.121. The molecule has 0 aliphatic rings. The van der Waals surface area contributed by atoms with Crippen LogP contribution in [0.15, 0.2) is 42.5 Å². The molecule has 0 aliphatic heterocycles. The topological polar surface area (TPSA) is 56.2 Å². The molecule has 3 aromatic rings. The van der Waals surface area contributed by atoms with Crippen LogP contribution in [0.1, 0.15) is 49.6 Å². The molecule has 0 atom stereocenters. The summed E-state index contributed by atoms with van der Waals surface area (Å²) < 4.78 is 8.31. The molecule has 160 valence electrons. The second kappa shape index (κ2) is 10.8. The molecular weight excluding hydrogens is 374 g/mol. The van der Waals surface area contributed by atoms with E-state index < -0.39 is 0 Å². The van der Waals surface area contributed by atoms with Gasteiger partial charge in [0.05, 0.1) is 17.6 Å². The molecule has 0 unspecified atom stereocenters. The zero-order valence-electron chi connectivity index (χ0n) is 18.4. The normalized spacial score (nSPS) is 11.0. The van der Waals surface area contributed by atoms with Crippen molar-refractivity contribution < 1.29 is 9.53 Å². The second-order valence-electron chi connectivity index (χ2n) is 7.84. The SMILES string of the molecule is CCCC(=O)NCCCc1nc2ccccc2n1CCCOc1ccc(C)cc1C. The monoisotopic (exact) mass is 407 g/mol. The number of rotatable bonds is 11. The Bertz CT molecular complexity index is 978. The van der Waals surface area contributed by atoms with Gasteiger partial charge in [-0.2, -0.15) is 0 Å². The van der Waals surface area contributed by atoms with Crippen molar-refractivity contribution in [3.8, 4) is 5.75 Å². The minimum atomic E-state index is 0.134. The van der Waals surface area contributed by atoms with Crippen LogP contribution < -0.4 is 10.1 Å². The minimum Gasteiger partial charge on any atom is -0.493 e. The number of imidazole rings is 1. The summed E-state index contributed by atoms with van der Waals surface area (Å²) >= 11 is 0. The van der Waals surface area contributed by atoms with E-state index in [-0.39, 0.29) is 5.91 Å². The van der Waals surface area contributed by atoms with E-state index in [9.17, 15) is 4.79 Å². The molecule has 1 aromatic heterocycles. The van der Waals surface area contributed by atoms with E-state index in [0.717, 1.165) is 54.8 Å². The van der Waals surface area contributed by atoms with Gasteiger partial charge in [-0.15, -0.1) is 0 Å². The summed E-state index contributed by atoms with van der Waals surface area (Å²) in [5.74, 6) is 2.17. The van der Waals surface area contributed by atoms with Crippen LogP contribution in [0, 0.1) is 13.8 Å². The molecule has 1 amide bonds. The Kier molecular flexibility index (Phi) is 7.89. The largest absolute Gasteiger partial charge is 0.493 e. The van der Waals surface area contributed by atoms with Gasteiger partial charge >= 0.3 is 0 Å². The second-order valence-corrected chi connectivity index (χ2v) is 7.84. The Morgan fingerprint density at radius 3 is 2.77 bits per heavy atom. The maximum Gasteiger partial charge on any atom is 0.219 e. The number of ether oxygens (including phenoxy) is 1.